The van der Waals surface area contributed by atoms with E-state index in [2.05, 4.69) is 10.6 Å². The molecule has 1 saturated heterocycles. The maximum Gasteiger partial charge on any atom is 0.252 e. The SMILES string of the molecule is O=C(NCC1CCCCN1)c1ccc(Cl)cc1Cl. The molecule has 0 bridgehead atoms. The van der Waals surface area contributed by atoms with Crippen molar-refractivity contribution in [2.24, 2.45) is 0 Å². The van der Waals surface area contributed by atoms with E-state index in [0.29, 0.717) is 28.2 Å². The van der Waals surface area contributed by atoms with Gasteiger partial charge in [-0.1, -0.05) is 29.6 Å². The summed E-state index contributed by atoms with van der Waals surface area (Å²) in [5, 5.41) is 7.20. The Bertz CT molecular complexity index is 431. The first-order chi connectivity index (χ1) is 8.66. The number of halogens is 2. The molecule has 0 aliphatic carbocycles. The van der Waals surface area contributed by atoms with Crippen molar-refractivity contribution >= 4 is 29.1 Å². The second-order valence-electron chi connectivity index (χ2n) is 4.48. The number of hydrogen-bond donors (Lipinski definition) is 2. The molecule has 0 aromatic heterocycles. The van der Waals surface area contributed by atoms with Crippen LogP contribution in [0.5, 0.6) is 0 Å². The van der Waals surface area contributed by atoms with Gasteiger partial charge in [-0.15, -0.1) is 0 Å². The Hall–Kier alpha value is -0.770. The molecule has 1 amide bonds. The van der Waals surface area contributed by atoms with Gasteiger partial charge in [-0.3, -0.25) is 4.79 Å². The summed E-state index contributed by atoms with van der Waals surface area (Å²) in [7, 11) is 0. The third-order valence-electron chi connectivity index (χ3n) is 3.10. The van der Waals surface area contributed by atoms with Crippen LogP contribution >= 0.6 is 23.2 Å². The quantitative estimate of drug-likeness (QED) is 0.897. The van der Waals surface area contributed by atoms with Gasteiger partial charge in [0, 0.05) is 17.6 Å². The maximum absolute atomic E-state index is 12.0. The van der Waals surface area contributed by atoms with Crippen molar-refractivity contribution in [1.29, 1.82) is 0 Å². The molecule has 1 aromatic rings. The van der Waals surface area contributed by atoms with Gasteiger partial charge in [-0.05, 0) is 37.6 Å². The van der Waals surface area contributed by atoms with E-state index < -0.39 is 0 Å². The van der Waals surface area contributed by atoms with E-state index in [1.165, 1.54) is 12.8 Å². The molecule has 2 N–H and O–H groups in total. The number of carbonyl (C=O) groups excluding carboxylic acids is 1. The highest BCUT2D eigenvalue weighted by Crippen LogP contribution is 2.20. The average molecular weight is 287 g/mol. The minimum Gasteiger partial charge on any atom is -0.350 e. The van der Waals surface area contributed by atoms with Crippen molar-refractivity contribution in [1.82, 2.24) is 10.6 Å². The fourth-order valence-corrected chi connectivity index (χ4v) is 2.58. The Kier molecular flexibility index (Phi) is 4.87. The van der Waals surface area contributed by atoms with Crippen molar-refractivity contribution in [3.05, 3.63) is 33.8 Å². The molecule has 0 radical (unpaired) electrons. The number of piperidine rings is 1. The lowest BCUT2D eigenvalue weighted by Gasteiger charge is -2.23. The van der Waals surface area contributed by atoms with E-state index in [1.54, 1.807) is 18.2 Å². The van der Waals surface area contributed by atoms with Gasteiger partial charge >= 0.3 is 0 Å². The third kappa shape index (κ3) is 3.61. The van der Waals surface area contributed by atoms with Crippen LogP contribution in [0.15, 0.2) is 18.2 Å². The van der Waals surface area contributed by atoms with Crippen LogP contribution in [0.4, 0.5) is 0 Å². The van der Waals surface area contributed by atoms with E-state index in [9.17, 15) is 4.79 Å². The van der Waals surface area contributed by atoms with Crippen molar-refractivity contribution < 1.29 is 4.79 Å². The fraction of sp³-hybridized carbons (Fsp3) is 0.462. The number of amides is 1. The van der Waals surface area contributed by atoms with E-state index in [0.717, 1.165) is 13.0 Å². The summed E-state index contributed by atoms with van der Waals surface area (Å²) in [5.41, 5.74) is 0.469. The van der Waals surface area contributed by atoms with Gasteiger partial charge in [0.2, 0.25) is 0 Å². The Balaban J connectivity index is 1.90. The van der Waals surface area contributed by atoms with Gasteiger partial charge in [-0.25, -0.2) is 0 Å². The third-order valence-corrected chi connectivity index (χ3v) is 3.64. The first-order valence-electron chi connectivity index (χ1n) is 6.13. The lowest BCUT2D eigenvalue weighted by atomic mass is 10.1. The van der Waals surface area contributed by atoms with Crippen molar-refractivity contribution in [2.45, 2.75) is 25.3 Å². The topological polar surface area (TPSA) is 41.1 Å². The summed E-state index contributed by atoms with van der Waals surface area (Å²) in [5.74, 6) is -0.149. The summed E-state index contributed by atoms with van der Waals surface area (Å²) in [4.78, 5) is 12.0. The summed E-state index contributed by atoms with van der Waals surface area (Å²) >= 11 is 11.8. The minimum absolute atomic E-state index is 0.149. The number of benzene rings is 1. The average Bonchev–Trinajstić information content (AvgIpc) is 2.37. The zero-order valence-electron chi connectivity index (χ0n) is 10.0. The molecule has 1 aliphatic rings. The molecule has 1 aliphatic heterocycles. The molecule has 0 spiro atoms. The van der Waals surface area contributed by atoms with Crippen LogP contribution in [0, 0.1) is 0 Å². The second kappa shape index (κ2) is 6.41. The molecule has 1 fully saturated rings. The monoisotopic (exact) mass is 286 g/mol. The van der Waals surface area contributed by atoms with E-state index in [4.69, 9.17) is 23.2 Å². The van der Waals surface area contributed by atoms with Crippen LogP contribution in [0.1, 0.15) is 29.6 Å². The van der Waals surface area contributed by atoms with Crippen LogP contribution in [0.3, 0.4) is 0 Å². The highest BCUT2D eigenvalue weighted by molar-refractivity contribution is 6.36. The highest BCUT2D eigenvalue weighted by atomic mass is 35.5. The molecule has 3 nitrogen and oxygen atoms in total. The number of rotatable bonds is 3. The summed E-state index contributed by atoms with van der Waals surface area (Å²) < 4.78 is 0. The molecular weight excluding hydrogens is 271 g/mol. The van der Waals surface area contributed by atoms with E-state index >= 15 is 0 Å². The predicted octanol–water partition coefficient (Wildman–Crippen LogP) is 2.87. The first kappa shape index (κ1) is 13.7. The molecule has 0 saturated carbocycles. The Morgan fingerprint density at radius 3 is 2.89 bits per heavy atom. The number of carbonyl (C=O) groups is 1. The normalized spacial score (nSPS) is 19.6. The van der Waals surface area contributed by atoms with Gasteiger partial charge in [0.1, 0.15) is 0 Å². The minimum atomic E-state index is -0.149. The number of nitrogens with one attached hydrogen (secondary N) is 2. The molecule has 1 atom stereocenters. The van der Waals surface area contributed by atoms with Gasteiger partial charge in [0.05, 0.1) is 10.6 Å². The van der Waals surface area contributed by atoms with Gasteiger partial charge < -0.3 is 10.6 Å². The summed E-state index contributed by atoms with van der Waals surface area (Å²) in [6.45, 7) is 1.67. The molecule has 1 unspecified atom stereocenters. The zero-order valence-corrected chi connectivity index (χ0v) is 11.5. The molecule has 98 valence electrons. The van der Waals surface area contributed by atoms with E-state index in [1.807, 2.05) is 0 Å². The maximum atomic E-state index is 12.0. The molecule has 1 aromatic carbocycles. The Morgan fingerprint density at radius 1 is 1.39 bits per heavy atom. The van der Waals surface area contributed by atoms with Crippen LogP contribution < -0.4 is 10.6 Å². The van der Waals surface area contributed by atoms with Crippen molar-refractivity contribution in [2.75, 3.05) is 13.1 Å². The standard InChI is InChI=1S/C13H16Cl2N2O/c14-9-4-5-11(12(15)7-9)13(18)17-8-10-3-1-2-6-16-10/h4-5,7,10,16H,1-3,6,8H2,(H,17,18). The predicted molar refractivity (Wildman–Crippen MR) is 74.4 cm³/mol. The first-order valence-corrected chi connectivity index (χ1v) is 6.89. The molecule has 2 rings (SSSR count). The highest BCUT2D eigenvalue weighted by Gasteiger charge is 2.15. The van der Waals surface area contributed by atoms with Crippen molar-refractivity contribution in [3.63, 3.8) is 0 Å². The van der Waals surface area contributed by atoms with Gasteiger partial charge in [0.15, 0.2) is 0 Å². The van der Waals surface area contributed by atoms with Gasteiger partial charge in [0.25, 0.3) is 5.91 Å². The van der Waals surface area contributed by atoms with E-state index in [-0.39, 0.29) is 5.91 Å². The lowest BCUT2D eigenvalue weighted by Crippen LogP contribution is -2.43. The number of hydrogen-bond acceptors (Lipinski definition) is 2. The molecule has 18 heavy (non-hydrogen) atoms. The Labute approximate surface area is 117 Å². The molecule has 5 heteroatoms. The van der Waals surface area contributed by atoms with Crippen molar-refractivity contribution in [3.8, 4) is 0 Å². The second-order valence-corrected chi connectivity index (χ2v) is 5.32. The van der Waals surface area contributed by atoms with Crippen LogP contribution in [0.2, 0.25) is 10.0 Å². The largest absolute Gasteiger partial charge is 0.350 e. The summed E-state index contributed by atoms with van der Waals surface area (Å²) in [6.07, 6.45) is 3.54. The Morgan fingerprint density at radius 2 is 2.22 bits per heavy atom. The van der Waals surface area contributed by atoms with Crippen LogP contribution in [-0.2, 0) is 0 Å². The molecule has 1 heterocycles. The fourth-order valence-electron chi connectivity index (χ4n) is 2.08. The summed E-state index contributed by atoms with van der Waals surface area (Å²) in [6, 6.07) is 5.26. The zero-order chi connectivity index (χ0) is 13.0. The van der Waals surface area contributed by atoms with Crippen LogP contribution in [-0.4, -0.2) is 25.0 Å². The van der Waals surface area contributed by atoms with Gasteiger partial charge in [-0.2, -0.15) is 0 Å². The smallest absolute Gasteiger partial charge is 0.252 e. The lowest BCUT2D eigenvalue weighted by molar-refractivity contribution is 0.0948. The van der Waals surface area contributed by atoms with Crippen LogP contribution in [0.25, 0.3) is 0 Å². The molecular formula is C13H16Cl2N2O.